The Bertz CT molecular complexity index is 2470. The van der Waals surface area contributed by atoms with Gasteiger partial charge in [-0.05, 0) is 101 Å². The Labute approximate surface area is 280 Å². The monoisotopic (exact) mass is 621 g/mol. The van der Waals surface area contributed by atoms with Gasteiger partial charge in [-0.25, -0.2) is 4.39 Å². The van der Waals surface area contributed by atoms with Gasteiger partial charge in [0.05, 0.1) is 5.69 Å². The fourth-order valence-electron chi connectivity index (χ4n) is 8.88. The molecule has 0 N–H and O–H groups in total. The van der Waals surface area contributed by atoms with E-state index in [0.717, 1.165) is 22.7 Å². The lowest BCUT2D eigenvalue weighted by molar-refractivity contribution is 0.628. The number of anilines is 6. The van der Waals surface area contributed by atoms with Gasteiger partial charge in [-0.2, -0.15) is 0 Å². The zero-order valence-corrected chi connectivity index (χ0v) is 27.4. The highest BCUT2D eigenvalue weighted by Crippen LogP contribution is 2.52. The molecule has 3 aliphatic rings. The summed E-state index contributed by atoms with van der Waals surface area (Å²) in [5.74, 6) is -0.236. The predicted molar refractivity (Wildman–Crippen MR) is 199 cm³/mol. The minimum Gasteiger partial charge on any atom is -0.353 e. The molecule has 6 aromatic carbocycles. The van der Waals surface area contributed by atoms with Gasteiger partial charge in [-0.15, -0.1) is 0 Å². The van der Waals surface area contributed by atoms with Crippen LogP contribution in [0.15, 0.2) is 127 Å². The average molecular weight is 622 g/mol. The molecule has 0 fully saturated rings. The van der Waals surface area contributed by atoms with E-state index in [1.54, 1.807) is 12.1 Å². The first-order valence-electron chi connectivity index (χ1n) is 16.7. The number of aromatic nitrogens is 1. The van der Waals surface area contributed by atoms with E-state index in [9.17, 15) is 4.39 Å². The molecule has 5 heteroatoms. The zero-order chi connectivity index (χ0) is 32.5. The standard InChI is InChI=1S/C43H33BFN3/c1-26-16-20-29(21-17-26)48-38-15-9-14-37-40(38)44(42-41(48)31-11-6-8-13-36(31)46(42)4)35-24-32-30-10-5-7-12-33(30)43(2,3)34(32)25-39(35)47(37)28-22-18-27(45)19-23-28/h5-25H,1-4H3. The highest BCUT2D eigenvalue weighted by Gasteiger charge is 2.47. The highest BCUT2D eigenvalue weighted by atomic mass is 19.1. The van der Waals surface area contributed by atoms with Crippen LogP contribution < -0.4 is 26.3 Å². The molecule has 3 heterocycles. The Kier molecular flexibility index (Phi) is 5.46. The van der Waals surface area contributed by atoms with Crippen molar-refractivity contribution >= 4 is 68.3 Å². The van der Waals surface area contributed by atoms with E-state index in [2.05, 4.69) is 145 Å². The SMILES string of the molecule is Cc1ccc(N2c3cccc4c3B(c3cc5c(cc3N4c3ccc(F)cc3)C(C)(C)c3ccccc3-5)c3c2c2ccccc2n3C)cc1. The lowest BCUT2D eigenvalue weighted by Crippen LogP contribution is -2.62. The van der Waals surface area contributed by atoms with Gasteiger partial charge in [0.25, 0.3) is 6.71 Å². The van der Waals surface area contributed by atoms with Crippen LogP contribution in [0.25, 0.3) is 22.0 Å². The Morgan fingerprint density at radius 1 is 0.625 bits per heavy atom. The van der Waals surface area contributed by atoms with Crippen LogP contribution >= 0.6 is 0 Å². The van der Waals surface area contributed by atoms with Crippen molar-refractivity contribution in [3.05, 3.63) is 150 Å². The van der Waals surface area contributed by atoms with Crippen LogP contribution in [0.3, 0.4) is 0 Å². The summed E-state index contributed by atoms with van der Waals surface area (Å²) in [6.45, 7) is 6.80. The van der Waals surface area contributed by atoms with Gasteiger partial charge in [-0.1, -0.05) is 86.1 Å². The second-order valence-electron chi connectivity index (χ2n) is 14.1. The molecule has 0 radical (unpaired) electrons. The normalized spacial score (nSPS) is 14.8. The number of para-hydroxylation sites is 1. The number of rotatable bonds is 2. The van der Waals surface area contributed by atoms with E-state index in [1.807, 2.05) is 12.1 Å². The van der Waals surface area contributed by atoms with Crippen molar-refractivity contribution in [2.24, 2.45) is 7.05 Å². The van der Waals surface area contributed by atoms with E-state index < -0.39 is 0 Å². The topological polar surface area (TPSA) is 11.4 Å². The van der Waals surface area contributed by atoms with Crippen LogP contribution in [0, 0.1) is 12.7 Å². The maximum Gasteiger partial charge on any atom is 0.272 e. The minimum absolute atomic E-state index is 0.0156. The van der Waals surface area contributed by atoms with Crippen molar-refractivity contribution < 1.29 is 4.39 Å². The first-order valence-corrected chi connectivity index (χ1v) is 16.7. The molecule has 1 aliphatic carbocycles. The van der Waals surface area contributed by atoms with Gasteiger partial charge in [0.1, 0.15) is 5.82 Å². The zero-order valence-electron chi connectivity index (χ0n) is 27.4. The number of hydrogen-bond acceptors (Lipinski definition) is 2. The quantitative estimate of drug-likeness (QED) is 0.179. The summed E-state index contributed by atoms with van der Waals surface area (Å²) in [4.78, 5) is 4.83. The van der Waals surface area contributed by atoms with Crippen LogP contribution in [0.4, 0.5) is 38.5 Å². The smallest absolute Gasteiger partial charge is 0.272 e. The summed E-state index contributed by atoms with van der Waals surface area (Å²) in [6.07, 6.45) is 0. The molecule has 2 aliphatic heterocycles. The van der Waals surface area contributed by atoms with Gasteiger partial charge in [-0.3, -0.25) is 0 Å². The molecule has 0 amide bonds. The Balaban J connectivity index is 1.36. The third-order valence-corrected chi connectivity index (χ3v) is 11.1. The van der Waals surface area contributed by atoms with Crippen LogP contribution in [-0.2, 0) is 12.5 Å². The summed E-state index contributed by atoms with van der Waals surface area (Å²) in [5, 5.41) is 1.24. The van der Waals surface area contributed by atoms with Crippen molar-refractivity contribution in [3.8, 4) is 11.1 Å². The Hall–Kier alpha value is -5.55. The molecule has 48 heavy (non-hydrogen) atoms. The molecule has 0 unspecified atom stereocenters. The summed E-state index contributed by atoms with van der Waals surface area (Å²) >= 11 is 0. The van der Waals surface area contributed by atoms with Gasteiger partial charge < -0.3 is 14.4 Å². The van der Waals surface area contributed by atoms with Crippen molar-refractivity contribution in [2.75, 3.05) is 9.80 Å². The summed E-state index contributed by atoms with van der Waals surface area (Å²) in [6, 6.07) is 45.1. The Morgan fingerprint density at radius 3 is 2.08 bits per heavy atom. The van der Waals surface area contributed by atoms with Crippen molar-refractivity contribution in [1.29, 1.82) is 0 Å². The minimum atomic E-state index is -0.236. The highest BCUT2D eigenvalue weighted by molar-refractivity contribution is 7.00. The van der Waals surface area contributed by atoms with Crippen molar-refractivity contribution in [2.45, 2.75) is 26.2 Å². The summed E-state index contributed by atoms with van der Waals surface area (Å²) < 4.78 is 16.8. The third-order valence-electron chi connectivity index (χ3n) is 11.1. The maximum atomic E-state index is 14.4. The second kappa shape index (κ2) is 9.51. The summed E-state index contributed by atoms with van der Waals surface area (Å²) in [7, 11) is 2.22. The van der Waals surface area contributed by atoms with Crippen LogP contribution in [0.5, 0.6) is 0 Å². The molecule has 1 aromatic heterocycles. The lowest BCUT2D eigenvalue weighted by atomic mass is 9.34. The number of halogens is 1. The van der Waals surface area contributed by atoms with Crippen molar-refractivity contribution in [1.82, 2.24) is 4.57 Å². The number of fused-ring (bicyclic) bond motifs is 9. The van der Waals surface area contributed by atoms with E-state index in [1.165, 1.54) is 66.6 Å². The van der Waals surface area contributed by atoms with Gasteiger partial charge in [0.15, 0.2) is 0 Å². The molecule has 230 valence electrons. The van der Waals surface area contributed by atoms with Crippen molar-refractivity contribution in [3.63, 3.8) is 0 Å². The molecule has 0 atom stereocenters. The fraction of sp³-hybridized carbons (Fsp3) is 0.116. The molecule has 7 aromatic rings. The Morgan fingerprint density at radius 2 is 1.29 bits per heavy atom. The number of hydrogen-bond donors (Lipinski definition) is 0. The lowest BCUT2D eigenvalue weighted by Gasteiger charge is -2.44. The van der Waals surface area contributed by atoms with Gasteiger partial charge >= 0.3 is 0 Å². The first kappa shape index (κ1) is 27.6. The van der Waals surface area contributed by atoms with Crippen LogP contribution in [0.2, 0.25) is 0 Å². The first-order chi connectivity index (χ1) is 23.3. The predicted octanol–water partition coefficient (Wildman–Crippen LogP) is 9.01. The van der Waals surface area contributed by atoms with Crippen LogP contribution in [0.1, 0.15) is 30.5 Å². The van der Waals surface area contributed by atoms with E-state index in [-0.39, 0.29) is 17.9 Å². The molecule has 10 rings (SSSR count). The molecule has 3 nitrogen and oxygen atoms in total. The molecule has 0 saturated heterocycles. The number of benzene rings is 6. The van der Waals surface area contributed by atoms with Gasteiger partial charge in [0.2, 0.25) is 0 Å². The van der Waals surface area contributed by atoms with E-state index in [0.29, 0.717) is 0 Å². The number of aryl methyl sites for hydroxylation is 2. The van der Waals surface area contributed by atoms with Crippen LogP contribution in [-0.4, -0.2) is 11.3 Å². The molecule has 0 bridgehead atoms. The molecule has 0 spiro atoms. The summed E-state index contributed by atoms with van der Waals surface area (Å²) in [5.41, 5.74) is 18.1. The van der Waals surface area contributed by atoms with E-state index >= 15 is 0 Å². The number of nitrogens with zero attached hydrogens (tertiary/aromatic N) is 3. The largest absolute Gasteiger partial charge is 0.353 e. The second-order valence-corrected chi connectivity index (χ2v) is 14.1. The molecular weight excluding hydrogens is 588 g/mol. The third kappa shape index (κ3) is 3.48. The van der Waals surface area contributed by atoms with E-state index in [4.69, 9.17) is 0 Å². The molecular formula is C43H33BFN3. The molecule has 0 saturated carbocycles. The van der Waals surface area contributed by atoms with Gasteiger partial charge in [0, 0.05) is 57.4 Å². The fourth-order valence-corrected chi connectivity index (χ4v) is 8.88. The average Bonchev–Trinajstić information content (AvgIpc) is 3.52. The maximum absolute atomic E-state index is 14.4.